The van der Waals surface area contributed by atoms with Crippen LogP contribution in [0.2, 0.25) is 0 Å². The predicted octanol–water partition coefficient (Wildman–Crippen LogP) is 2.85. The minimum Gasteiger partial charge on any atom is -0.461 e. The van der Waals surface area contributed by atoms with E-state index in [-0.39, 0.29) is 17.6 Å². The molecule has 0 spiro atoms. The van der Waals surface area contributed by atoms with Crippen LogP contribution < -0.4 is 5.56 Å². The fraction of sp³-hybridized carbons (Fsp3) is 0.562. The number of aryl methyl sites for hydroxylation is 2. The molecule has 0 aliphatic heterocycles. The quantitative estimate of drug-likeness (QED) is 0.813. The van der Waals surface area contributed by atoms with Crippen LogP contribution in [-0.2, 0) is 22.4 Å². The molecule has 0 fully saturated rings. The summed E-state index contributed by atoms with van der Waals surface area (Å²) < 4.78 is 6.72. The molecular formula is C16H20N2O3S. The Kier molecular flexibility index (Phi) is 4.04. The van der Waals surface area contributed by atoms with Gasteiger partial charge in [0, 0.05) is 4.88 Å². The third-order valence-electron chi connectivity index (χ3n) is 4.00. The lowest BCUT2D eigenvalue weighted by Gasteiger charge is -2.18. The Bertz CT molecular complexity index is 776. The molecule has 5 nitrogen and oxygen atoms in total. The molecule has 6 heteroatoms. The second-order valence-electron chi connectivity index (χ2n) is 5.90. The van der Waals surface area contributed by atoms with E-state index in [1.807, 2.05) is 6.92 Å². The Labute approximate surface area is 132 Å². The SMILES string of the molecule is CC[C@@H](C(=O)OC(C)C)n1cnc2sc3c(c2c1=O)CCC3. The molecule has 2 heterocycles. The van der Waals surface area contributed by atoms with Gasteiger partial charge in [0.05, 0.1) is 17.8 Å². The van der Waals surface area contributed by atoms with Gasteiger partial charge in [-0.3, -0.25) is 9.36 Å². The number of esters is 1. The highest BCUT2D eigenvalue weighted by Crippen LogP contribution is 2.34. The number of nitrogens with zero attached hydrogens (tertiary/aromatic N) is 2. The molecule has 0 bridgehead atoms. The minimum absolute atomic E-state index is 0.114. The summed E-state index contributed by atoms with van der Waals surface area (Å²) in [6.45, 7) is 5.49. The third kappa shape index (κ3) is 2.45. The van der Waals surface area contributed by atoms with Crippen LogP contribution in [-0.4, -0.2) is 21.6 Å². The molecule has 1 aliphatic rings. The van der Waals surface area contributed by atoms with Gasteiger partial charge in [0.2, 0.25) is 0 Å². The number of ether oxygens (including phenoxy) is 1. The summed E-state index contributed by atoms with van der Waals surface area (Å²) in [5, 5.41) is 0.704. The van der Waals surface area contributed by atoms with E-state index in [4.69, 9.17) is 4.74 Å². The Morgan fingerprint density at radius 2 is 2.23 bits per heavy atom. The lowest BCUT2D eigenvalue weighted by Crippen LogP contribution is -2.32. The van der Waals surface area contributed by atoms with Gasteiger partial charge in [-0.2, -0.15) is 0 Å². The molecule has 0 aromatic carbocycles. The standard InChI is InChI=1S/C16H20N2O3S/c1-4-11(16(20)21-9(2)3)18-8-17-14-13(15(18)19)10-6-5-7-12(10)22-14/h8-9,11H,4-7H2,1-3H3/t11-/m0/s1. The summed E-state index contributed by atoms with van der Waals surface area (Å²) in [7, 11) is 0. The number of carbonyl (C=O) groups is 1. The van der Waals surface area contributed by atoms with Crippen molar-refractivity contribution in [1.82, 2.24) is 9.55 Å². The van der Waals surface area contributed by atoms with Gasteiger partial charge in [-0.1, -0.05) is 6.92 Å². The van der Waals surface area contributed by atoms with E-state index in [0.717, 1.165) is 29.7 Å². The molecule has 0 unspecified atom stereocenters. The van der Waals surface area contributed by atoms with Gasteiger partial charge in [0.15, 0.2) is 0 Å². The third-order valence-corrected chi connectivity index (χ3v) is 5.20. The molecule has 1 aliphatic carbocycles. The Morgan fingerprint density at radius 1 is 1.45 bits per heavy atom. The fourth-order valence-electron chi connectivity index (χ4n) is 3.01. The molecule has 0 saturated carbocycles. The van der Waals surface area contributed by atoms with Crippen molar-refractivity contribution in [2.24, 2.45) is 0 Å². The van der Waals surface area contributed by atoms with Gasteiger partial charge in [-0.15, -0.1) is 11.3 Å². The topological polar surface area (TPSA) is 61.2 Å². The number of rotatable bonds is 4. The number of fused-ring (bicyclic) bond motifs is 3. The van der Waals surface area contributed by atoms with Gasteiger partial charge < -0.3 is 4.74 Å². The van der Waals surface area contributed by atoms with Crippen LogP contribution in [0.1, 0.15) is 50.1 Å². The van der Waals surface area contributed by atoms with Crippen LogP contribution >= 0.6 is 11.3 Å². The zero-order valence-corrected chi connectivity index (χ0v) is 13.9. The van der Waals surface area contributed by atoms with Crippen molar-refractivity contribution < 1.29 is 9.53 Å². The van der Waals surface area contributed by atoms with Gasteiger partial charge in [0.1, 0.15) is 10.9 Å². The van der Waals surface area contributed by atoms with Crippen LogP contribution in [0.5, 0.6) is 0 Å². The van der Waals surface area contributed by atoms with E-state index >= 15 is 0 Å². The predicted molar refractivity (Wildman–Crippen MR) is 86.5 cm³/mol. The second-order valence-corrected chi connectivity index (χ2v) is 6.99. The molecule has 0 N–H and O–H groups in total. The van der Waals surface area contributed by atoms with Gasteiger partial charge in [-0.25, -0.2) is 9.78 Å². The average Bonchev–Trinajstić information content (AvgIpc) is 3.01. The first kappa shape index (κ1) is 15.2. The van der Waals surface area contributed by atoms with Crippen molar-refractivity contribution in [3.8, 4) is 0 Å². The zero-order chi connectivity index (χ0) is 15.9. The fourth-order valence-corrected chi connectivity index (χ4v) is 4.23. The summed E-state index contributed by atoms with van der Waals surface area (Å²) in [4.78, 5) is 31.6. The monoisotopic (exact) mass is 320 g/mol. The molecule has 0 radical (unpaired) electrons. The van der Waals surface area contributed by atoms with Crippen molar-refractivity contribution in [3.05, 3.63) is 27.1 Å². The molecule has 2 aromatic heterocycles. The minimum atomic E-state index is -0.608. The summed E-state index contributed by atoms with van der Waals surface area (Å²) in [6, 6.07) is -0.608. The molecule has 22 heavy (non-hydrogen) atoms. The first-order valence-corrected chi connectivity index (χ1v) is 8.56. The molecule has 118 valence electrons. The highest BCUT2D eigenvalue weighted by atomic mass is 32.1. The highest BCUT2D eigenvalue weighted by Gasteiger charge is 2.26. The molecule has 0 saturated heterocycles. The van der Waals surface area contributed by atoms with Crippen LogP contribution in [0.25, 0.3) is 10.2 Å². The number of thiophene rings is 1. The van der Waals surface area contributed by atoms with Crippen LogP contribution in [0, 0.1) is 0 Å². The second kappa shape index (κ2) is 5.83. The maximum Gasteiger partial charge on any atom is 0.329 e. The Hall–Kier alpha value is -1.69. The van der Waals surface area contributed by atoms with Crippen molar-refractivity contribution in [2.75, 3.05) is 0 Å². The number of aromatic nitrogens is 2. The van der Waals surface area contributed by atoms with E-state index < -0.39 is 6.04 Å². The molecule has 3 rings (SSSR count). The number of carbonyl (C=O) groups excluding carboxylic acids is 1. The normalized spacial score (nSPS) is 15.3. The van der Waals surface area contributed by atoms with Crippen molar-refractivity contribution in [1.29, 1.82) is 0 Å². The maximum absolute atomic E-state index is 12.9. The summed E-state index contributed by atoms with van der Waals surface area (Å²) >= 11 is 1.61. The zero-order valence-electron chi connectivity index (χ0n) is 13.1. The number of hydrogen-bond acceptors (Lipinski definition) is 5. The lowest BCUT2D eigenvalue weighted by atomic mass is 10.2. The van der Waals surface area contributed by atoms with E-state index in [2.05, 4.69) is 4.98 Å². The highest BCUT2D eigenvalue weighted by molar-refractivity contribution is 7.18. The molecule has 2 aromatic rings. The van der Waals surface area contributed by atoms with Crippen molar-refractivity contribution >= 4 is 27.5 Å². The van der Waals surface area contributed by atoms with E-state index in [0.29, 0.717) is 11.8 Å². The van der Waals surface area contributed by atoms with E-state index in [9.17, 15) is 9.59 Å². The van der Waals surface area contributed by atoms with Crippen molar-refractivity contribution in [3.63, 3.8) is 0 Å². The largest absolute Gasteiger partial charge is 0.461 e. The summed E-state index contributed by atoms with van der Waals surface area (Å²) in [5.41, 5.74) is 1.02. The van der Waals surface area contributed by atoms with Gasteiger partial charge >= 0.3 is 5.97 Å². The summed E-state index contributed by atoms with van der Waals surface area (Å²) in [5.74, 6) is -0.368. The lowest BCUT2D eigenvalue weighted by molar-refractivity contribution is -0.151. The molecule has 0 amide bonds. The number of hydrogen-bond donors (Lipinski definition) is 0. The Morgan fingerprint density at radius 3 is 2.91 bits per heavy atom. The molecular weight excluding hydrogens is 300 g/mol. The maximum atomic E-state index is 12.9. The first-order chi connectivity index (χ1) is 10.5. The van der Waals surface area contributed by atoms with E-state index in [1.165, 1.54) is 15.8 Å². The first-order valence-electron chi connectivity index (χ1n) is 7.74. The smallest absolute Gasteiger partial charge is 0.329 e. The van der Waals surface area contributed by atoms with E-state index in [1.54, 1.807) is 25.2 Å². The van der Waals surface area contributed by atoms with Gasteiger partial charge in [-0.05, 0) is 45.1 Å². The Balaban J connectivity index is 2.08. The van der Waals surface area contributed by atoms with Crippen LogP contribution in [0.15, 0.2) is 11.1 Å². The van der Waals surface area contributed by atoms with Gasteiger partial charge in [0.25, 0.3) is 5.56 Å². The van der Waals surface area contributed by atoms with Crippen LogP contribution in [0.3, 0.4) is 0 Å². The molecule has 1 atom stereocenters. The van der Waals surface area contributed by atoms with Crippen LogP contribution in [0.4, 0.5) is 0 Å². The summed E-state index contributed by atoms with van der Waals surface area (Å²) in [6.07, 6.45) is 4.86. The van der Waals surface area contributed by atoms with Crippen molar-refractivity contribution in [2.45, 2.75) is 58.6 Å². The average molecular weight is 320 g/mol.